The van der Waals surface area contributed by atoms with E-state index in [2.05, 4.69) is 25.7 Å². The topological polar surface area (TPSA) is 115 Å². The van der Waals surface area contributed by atoms with E-state index in [1.54, 1.807) is 18.2 Å². The van der Waals surface area contributed by atoms with Gasteiger partial charge in [-0.1, -0.05) is 30.0 Å². The van der Waals surface area contributed by atoms with Gasteiger partial charge in [-0.3, -0.25) is 9.89 Å². The maximum atomic E-state index is 13.1. The number of hydrogen-bond donors (Lipinski definition) is 3. The molecule has 4 N–H and O–H groups in total. The Morgan fingerprint density at radius 2 is 1.87 bits per heavy atom. The fraction of sp³-hybridized carbons (Fsp3) is 0.143. The van der Waals surface area contributed by atoms with Gasteiger partial charge >= 0.3 is 0 Å². The molecule has 0 saturated carbocycles. The molecule has 0 fully saturated rings. The summed E-state index contributed by atoms with van der Waals surface area (Å²) in [5.41, 5.74) is 4.75. The van der Waals surface area contributed by atoms with Gasteiger partial charge < -0.3 is 11.2 Å². The number of aromatic amines is 1. The lowest BCUT2D eigenvalue weighted by Gasteiger charge is -2.11. The molecule has 0 atom stereocenters. The number of rotatable bonds is 6. The van der Waals surface area contributed by atoms with Gasteiger partial charge in [-0.2, -0.15) is 5.10 Å². The van der Waals surface area contributed by atoms with E-state index in [0.717, 1.165) is 22.4 Å². The summed E-state index contributed by atoms with van der Waals surface area (Å²) in [5, 5.41) is 18.6. The third-order valence-electron chi connectivity index (χ3n) is 4.70. The number of halogens is 1. The summed E-state index contributed by atoms with van der Waals surface area (Å²) in [6, 6.07) is 13.6. The normalized spacial score (nSPS) is 10.9. The molecule has 0 bridgehead atoms. The number of nitrogen functional groups attached to an aromatic ring is 1. The number of carbonyl (C=O) groups excluding carboxylic acids is 1. The van der Waals surface area contributed by atoms with Crippen molar-refractivity contribution < 1.29 is 9.18 Å². The maximum Gasteiger partial charge on any atom is 0.234 e. The molecule has 2 aromatic carbocycles. The van der Waals surface area contributed by atoms with Crippen molar-refractivity contribution in [1.82, 2.24) is 25.1 Å². The van der Waals surface area contributed by atoms with Gasteiger partial charge in [0.2, 0.25) is 16.9 Å². The lowest BCUT2D eigenvalue weighted by molar-refractivity contribution is -0.113. The first kappa shape index (κ1) is 20.6. The molecule has 4 rings (SSSR count). The molecule has 10 heteroatoms. The number of hydrogen-bond acceptors (Lipinski definition) is 6. The second-order valence-electron chi connectivity index (χ2n) is 6.95. The third-order valence-corrected chi connectivity index (χ3v) is 5.64. The van der Waals surface area contributed by atoms with Crippen LogP contribution in [0.1, 0.15) is 11.1 Å². The number of nitrogens with one attached hydrogen (secondary N) is 2. The average Bonchev–Trinajstić information content (AvgIpc) is 3.37. The molecule has 1 amide bonds. The molecule has 158 valence electrons. The number of aromatic nitrogens is 5. The Kier molecular flexibility index (Phi) is 5.72. The van der Waals surface area contributed by atoms with E-state index in [9.17, 15) is 9.18 Å². The van der Waals surface area contributed by atoms with Crippen molar-refractivity contribution in [2.45, 2.75) is 19.0 Å². The first-order chi connectivity index (χ1) is 14.9. The van der Waals surface area contributed by atoms with Crippen LogP contribution in [-0.2, 0) is 4.79 Å². The molecule has 31 heavy (non-hydrogen) atoms. The molecule has 2 heterocycles. The molecular weight excluding hydrogens is 417 g/mol. The smallest absolute Gasteiger partial charge is 0.234 e. The zero-order chi connectivity index (χ0) is 22.0. The first-order valence-electron chi connectivity index (χ1n) is 9.43. The number of amides is 1. The molecule has 0 aliphatic heterocycles. The minimum Gasteiger partial charge on any atom is -0.335 e. The van der Waals surface area contributed by atoms with Crippen LogP contribution in [0.3, 0.4) is 0 Å². The summed E-state index contributed by atoms with van der Waals surface area (Å²) >= 11 is 1.18. The SMILES string of the molecule is Cc1cccc(C)c1NC(=O)CSc1nnc(-c2cc(-c3ccc(F)cc3)n[nH]2)n1N. The summed E-state index contributed by atoms with van der Waals surface area (Å²) in [6.45, 7) is 3.90. The second-order valence-corrected chi connectivity index (χ2v) is 7.90. The predicted molar refractivity (Wildman–Crippen MR) is 118 cm³/mol. The second kappa shape index (κ2) is 8.60. The monoisotopic (exact) mass is 437 g/mol. The minimum atomic E-state index is -0.315. The Labute approximate surface area is 182 Å². The van der Waals surface area contributed by atoms with Crippen LogP contribution < -0.4 is 11.2 Å². The van der Waals surface area contributed by atoms with E-state index in [1.165, 1.54) is 28.6 Å². The molecule has 0 spiro atoms. The number of benzene rings is 2. The molecule has 0 aliphatic rings. The Morgan fingerprint density at radius 3 is 2.58 bits per heavy atom. The number of H-pyrrole nitrogens is 1. The summed E-state index contributed by atoms with van der Waals surface area (Å²) in [5.74, 6) is 6.16. The van der Waals surface area contributed by atoms with Crippen molar-refractivity contribution in [3.05, 3.63) is 65.5 Å². The number of anilines is 1. The maximum absolute atomic E-state index is 13.1. The van der Waals surface area contributed by atoms with Gasteiger partial charge in [0.1, 0.15) is 11.5 Å². The van der Waals surface area contributed by atoms with Crippen LogP contribution in [0.15, 0.2) is 53.7 Å². The van der Waals surface area contributed by atoms with Crippen LogP contribution in [0.5, 0.6) is 0 Å². The highest BCUT2D eigenvalue weighted by molar-refractivity contribution is 7.99. The van der Waals surface area contributed by atoms with Gasteiger partial charge in [-0.15, -0.1) is 10.2 Å². The quantitative estimate of drug-likeness (QED) is 0.314. The van der Waals surface area contributed by atoms with Crippen molar-refractivity contribution in [1.29, 1.82) is 0 Å². The number of para-hydroxylation sites is 1. The van der Waals surface area contributed by atoms with Crippen LogP contribution in [0.2, 0.25) is 0 Å². The Hall–Kier alpha value is -3.66. The molecule has 4 aromatic rings. The Bertz CT molecular complexity index is 1210. The van der Waals surface area contributed by atoms with Crippen molar-refractivity contribution >= 4 is 23.4 Å². The summed E-state index contributed by atoms with van der Waals surface area (Å²) in [4.78, 5) is 12.4. The number of nitrogens with two attached hydrogens (primary N) is 1. The predicted octanol–water partition coefficient (Wildman–Crippen LogP) is 3.54. The Balaban J connectivity index is 1.44. The number of aryl methyl sites for hydroxylation is 2. The summed E-state index contributed by atoms with van der Waals surface area (Å²) < 4.78 is 14.4. The molecule has 0 radical (unpaired) electrons. The first-order valence-corrected chi connectivity index (χ1v) is 10.4. The van der Waals surface area contributed by atoms with Gasteiger partial charge in [-0.05, 0) is 55.3 Å². The van der Waals surface area contributed by atoms with E-state index in [-0.39, 0.29) is 17.5 Å². The molecule has 8 nitrogen and oxygen atoms in total. The van der Waals surface area contributed by atoms with Crippen LogP contribution >= 0.6 is 11.8 Å². The van der Waals surface area contributed by atoms with Gasteiger partial charge in [0.25, 0.3) is 0 Å². The van der Waals surface area contributed by atoms with Crippen molar-refractivity contribution in [3.63, 3.8) is 0 Å². The zero-order valence-corrected chi connectivity index (χ0v) is 17.7. The largest absolute Gasteiger partial charge is 0.335 e. The molecule has 0 unspecified atom stereocenters. The zero-order valence-electron chi connectivity index (χ0n) is 16.9. The lowest BCUT2D eigenvalue weighted by atomic mass is 10.1. The van der Waals surface area contributed by atoms with E-state index < -0.39 is 0 Å². The highest BCUT2D eigenvalue weighted by Crippen LogP contribution is 2.25. The Morgan fingerprint density at radius 1 is 1.16 bits per heavy atom. The average molecular weight is 438 g/mol. The highest BCUT2D eigenvalue weighted by atomic mass is 32.2. The fourth-order valence-electron chi connectivity index (χ4n) is 3.08. The van der Waals surface area contributed by atoms with E-state index in [4.69, 9.17) is 5.84 Å². The number of nitrogens with zero attached hydrogens (tertiary/aromatic N) is 4. The van der Waals surface area contributed by atoms with Crippen molar-refractivity contribution in [2.24, 2.45) is 0 Å². The van der Waals surface area contributed by atoms with Gasteiger partial charge in [-0.25, -0.2) is 9.07 Å². The van der Waals surface area contributed by atoms with Crippen molar-refractivity contribution in [3.8, 4) is 22.8 Å². The highest BCUT2D eigenvalue weighted by Gasteiger charge is 2.17. The lowest BCUT2D eigenvalue weighted by Crippen LogP contribution is -2.17. The molecule has 2 aromatic heterocycles. The van der Waals surface area contributed by atoms with Crippen LogP contribution in [0, 0.1) is 19.7 Å². The molecular formula is C21H20FN7OS. The third kappa shape index (κ3) is 4.43. The van der Waals surface area contributed by atoms with Crippen LogP contribution in [0.4, 0.5) is 10.1 Å². The number of carbonyl (C=O) groups is 1. The molecule has 0 aliphatic carbocycles. The van der Waals surface area contributed by atoms with Crippen LogP contribution in [0.25, 0.3) is 22.8 Å². The number of thioether (sulfide) groups is 1. The van der Waals surface area contributed by atoms with E-state index >= 15 is 0 Å². The standard InChI is InChI=1S/C21H20FN7OS/c1-12-4-3-5-13(2)19(12)24-18(30)11-31-21-28-27-20(29(21)23)17-10-16(25-26-17)14-6-8-15(22)9-7-14/h3-10H,11,23H2,1-2H3,(H,24,30)(H,25,26). The summed E-state index contributed by atoms with van der Waals surface area (Å²) in [6.07, 6.45) is 0. The minimum absolute atomic E-state index is 0.132. The van der Waals surface area contributed by atoms with E-state index in [1.807, 2.05) is 32.0 Å². The van der Waals surface area contributed by atoms with Gasteiger partial charge in [0.15, 0.2) is 0 Å². The van der Waals surface area contributed by atoms with Gasteiger partial charge in [0.05, 0.1) is 11.4 Å². The fourth-order valence-corrected chi connectivity index (χ4v) is 3.74. The molecule has 0 saturated heterocycles. The summed E-state index contributed by atoms with van der Waals surface area (Å²) in [7, 11) is 0. The van der Waals surface area contributed by atoms with Crippen LogP contribution in [-0.4, -0.2) is 36.7 Å². The van der Waals surface area contributed by atoms with Gasteiger partial charge in [0, 0.05) is 11.3 Å². The van der Waals surface area contributed by atoms with Crippen molar-refractivity contribution in [2.75, 3.05) is 16.9 Å². The van der Waals surface area contributed by atoms with E-state index in [0.29, 0.717) is 22.4 Å².